The standard InChI is InChI=1S/C75H49N/c1-10-28-61-49(19-1)50-20-2-11-29-62(50)73(61)67-34-16-7-25-55(67)58-40-37-46(43-70(58)73)76(47-38-41-59-56-26-8-17-35-68(56)74(71(59)44-47)63-30-12-3-21-51(63)52-22-4-13-31-64(52)74)48-39-42-60-57-27-9-18-36-69(57)75(72(60)45-48)65-32-14-5-23-53(65)54-24-6-15-33-66(54)75/h1-45,49,55,61,67H. The molecule has 0 fully saturated rings. The summed E-state index contributed by atoms with van der Waals surface area (Å²) in [7, 11) is 0. The molecule has 5 unspecified atom stereocenters. The van der Waals surface area contributed by atoms with Crippen molar-refractivity contribution in [1.29, 1.82) is 0 Å². The highest BCUT2D eigenvalue weighted by Gasteiger charge is 2.62. The minimum absolute atomic E-state index is 0.257. The Morgan fingerprint density at radius 2 is 0.553 bits per heavy atom. The molecular formula is C75H49N. The van der Waals surface area contributed by atoms with Crippen LogP contribution in [0, 0.1) is 11.8 Å². The van der Waals surface area contributed by atoms with Crippen LogP contribution in [-0.4, -0.2) is 0 Å². The molecule has 1 nitrogen and oxygen atoms in total. The Kier molecular flexibility index (Phi) is 7.95. The van der Waals surface area contributed by atoms with Gasteiger partial charge in [-0.25, -0.2) is 0 Å². The van der Waals surface area contributed by atoms with Crippen LogP contribution in [0.1, 0.15) is 78.6 Å². The molecule has 0 bridgehead atoms. The minimum atomic E-state index is -0.485. The fraction of sp³-hybridized carbons (Fsp3) is 0.0933. The molecule has 0 amide bonds. The number of rotatable bonds is 3. The van der Waals surface area contributed by atoms with Crippen LogP contribution in [0.3, 0.4) is 0 Å². The molecule has 1 heteroatoms. The molecule has 3 spiro atoms. The minimum Gasteiger partial charge on any atom is -0.310 e. The zero-order valence-corrected chi connectivity index (χ0v) is 41.7. The summed E-state index contributed by atoms with van der Waals surface area (Å²) in [4.78, 5) is 2.63. The second-order valence-corrected chi connectivity index (χ2v) is 22.4. The topological polar surface area (TPSA) is 3.24 Å². The lowest BCUT2D eigenvalue weighted by Crippen LogP contribution is -2.38. The van der Waals surface area contributed by atoms with Crippen molar-refractivity contribution in [3.05, 3.63) is 340 Å². The number of benzene rings is 10. The first-order valence-electron chi connectivity index (χ1n) is 27.3. The molecule has 0 saturated heterocycles. The summed E-state index contributed by atoms with van der Waals surface area (Å²) in [5.41, 5.74) is 29.4. The Labute approximate surface area is 443 Å². The molecule has 8 aliphatic rings. The van der Waals surface area contributed by atoms with E-state index >= 15 is 0 Å². The van der Waals surface area contributed by atoms with E-state index < -0.39 is 10.8 Å². The molecule has 0 saturated carbocycles. The number of allylic oxidation sites excluding steroid dienone is 8. The first kappa shape index (κ1) is 41.3. The molecule has 0 radical (unpaired) electrons. The summed E-state index contributed by atoms with van der Waals surface area (Å²) in [5.74, 6) is 1.15. The first-order chi connectivity index (χ1) is 37.7. The van der Waals surface area contributed by atoms with E-state index in [1.807, 2.05) is 0 Å². The fourth-order valence-corrected chi connectivity index (χ4v) is 17.2. The van der Waals surface area contributed by atoms with Crippen LogP contribution < -0.4 is 4.90 Å². The third-order valence-electron chi connectivity index (χ3n) is 19.7. The molecule has 0 aliphatic heterocycles. The molecule has 10 aromatic carbocycles. The van der Waals surface area contributed by atoms with Crippen molar-refractivity contribution >= 4 is 17.1 Å². The quantitative estimate of drug-likeness (QED) is 0.171. The predicted molar refractivity (Wildman–Crippen MR) is 310 cm³/mol. The highest BCUT2D eigenvalue weighted by molar-refractivity contribution is 5.99. The van der Waals surface area contributed by atoms with Crippen molar-refractivity contribution in [2.45, 2.75) is 28.1 Å². The van der Waals surface area contributed by atoms with Crippen molar-refractivity contribution in [3.8, 4) is 44.5 Å². The summed E-state index contributed by atoms with van der Waals surface area (Å²) in [5, 5.41) is 0. The average molecular weight is 964 g/mol. The summed E-state index contributed by atoms with van der Waals surface area (Å²) in [6.45, 7) is 0. The SMILES string of the molecule is C1=CC2c3ccccc3C3(c4cc(N(c5ccc6c(c5)C5(c7ccccc7-c7ccccc75)c5ccccc5-6)c5ccc6c(c5)C5(c7ccccc7-c7ccccc75)c5ccccc5-6)ccc4C4C=CC=CC43)C2C=C1. The monoisotopic (exact) mass is 963 g/mol. The zero-order valence-electron chi connectivity index (χ0n) is 41.7. The normalized spacial score (nSPS) is 22.0. The van der Waals surface area contributed by atoms with Gasteiger partial charge in [-0.2, -0.15) is 0 Å². The second kappa shape index (κ2) is 14.6. The summed E-state index contributed by atoms with van der Waals surface area (Å²) >= 11 is 0. The van der Waals surface area contributed by atoms with E-state index in [0.717, 1.165) is 11.4 Å². The lowest BCUT2D eigenvalue weighted by atomic mass is 9.61. The Morgan fingerprint density at radius 3 is 0.961 bits per heavy atom. The highest BCUT2D eigenvalue weighted by atomic mass is 15.1. The summed E-state index contributed by atoms with van der Waals surface area (Å²) < 4.78 is 0. The van der Waals surface area contributed by atoms with E-state index in [-0.39, 0.29) is 23.2 Å². The first-order valence-corrected chi connectivity index (χ1v) is 27.3. The third-order valence-corrected chi connectivity index (χ3v) is 19.7. The van der Waals surface area contributed by atoms with Crippen LogP contribution in [0.15, 0.2) is 273 Å². The maximum absolute atomic E-state index is 2.64. The average Bonchev–Trinajstić information content (AvgIpc) is 4.35. The third kappa shape index (κ3) is 4.73. The summed E-state index contributed by atoms with van der Waals surface area (Å²) in [6, 6.07) is 87.0. The molecule has 0 N–H and O–H groups in total. The lowest BCUT2D eigenvalue weighted by molar-refractivity contribution is 0.312. The number of nitrogens with zero attached hydrogens (tertiary/aromatic N) is 1. The Bertz CT molecular complexity index is 4030. The van der Waals surface area contributed by atoms with Gasteiger partial charge in [-0.1, -0.05) is 237 Å². The Balaban J connectivity index is 0.929. The molecular weight excluding hydrogens is 915 g/mol. The number of fused-ring (bicyclic) bond motifs is 30. The maximum atomic E-state index is 2.64. The van der Waals surface area contributed by atoms with Gasteiger partial charge in [0, 0.05) is 46.1 Å². The van der Waals surface area contributed by atoms with Gasteiger partial charge < -0.3 is 4.90 Å². The van der Waals surface area contributed by atoms with E-state index in [9.17, 15) is 0 Å². The largest absolute Gasteiger partial charge is 0.310 e. The molecule has 0 heterocycles. The van der Waals surface area contributed by atoms with Crippen LogP contribution in [0.4, 0.5) is 17.1 Å². The van der Waals surface area contributed by atoms with Crippen molar-refractivity contribution in [1.82, 2.24) is 0 Å². The van der Waals surface area contributed by atoms with E-state index in [4.69, 9.17) is 0 Å². The van der Waals surface area contributed by atoms with E-state index in [1.165, 1.54) is 117 Å². The second-order valence-electron chi connectivity index (χ2n) is 22.4. The van der Waals surface area contributed by atoms with Gasteiger partial charge in [-0.05, 0) is 148 Å². The van der Waals surface area contributed by atoms with Crippen molar-refractivity contribution in [2.75, 3.05) is 4.90 Å². The van der Waals surface area contributed by atoms with Crippen LogP contribution >= 0.6 is 0 Å². The Morgan fingerprint density at radius 1 is 0.250 bits per heavy atom. The van der Waals surface area contributed by atoms with E-state index in [1.54, 1.807) is 0 Å². The molecule has 5 atom stereocenters. The molecule has 0 aromatic heterocycles. The zero-order chi connectivity index (χ0) is 49.5. The summed E-state index contributed by atoms with van der Waals surface area (Å²) in [6.07, 6.45) is 19.2. The van der Waals surface area contributed by atoms with Gasteiger partial charge in [0.15, 0.2) is 0 Å². The van der Waals surface area contributed by atoms with Gasteiger partial charge in [0.05, 0.1) is 10.8 Å². The number of hydrogen-bond donors (Lipinski definition) is 0. The van der Waals surface area contributed by atoms with Crippen LogP contribution in [0.25, 0.3) is 44.5 Å². The molecule has 354 valence electrons. The van der Waals surface area contributed by atoms with Crippen molar-refractivity contribution in [3.63, 3.8) is 0 Å². The molecule has 18 rings (SSSR count). The molecule has 76 heavy (non-hydrogen) atoms. The van der Waals surface area contributed by atoms with Gasteiger partial charge in [0.2, 0.25) is 0 Å². The Hall–Kier alpha value is -9.04. The van der Waals surface area contributed by atoms with Gasteiger partial charge >= 0.3 is 0 Å². The van der Waals surface area contributed by atoms with Gasteiger partial charge in [0.25, 0.3) is 0 Å². The van der Waals surface area contributed by atoms with Crippen LogP contribution in [0.2, 0.25) is 0 Å². The van der Waals surface area contributed by atoms with Gasteiger partial charge in [0.1, 0.15) is 0 Å². The van der Waals surface area contributed by atoms with Crippen molar-refractivity contribution in [2.24, 2.45) is 11.8 Å². The number of anilines is 3. The van der Waals surface area contributed by atoms with Crippen LogP contribution in [-0.2, 0) is 16.2 Å². The fourth-order valence-electron chi connectivity index (χ4n) is 17.2. The number of hydrogen-bond acceptors (Lipinski definition) is 1. The smallest absolute Gasteiger partial charge is 0.0726 e. The van der Waals surface area contributed by atoms with Crippen LogP contribution in [0.5, 0.6) is 0 Å². The van der Waals surface area contributed by atoms with Gasteiger partial charge in [-0.3, -0.25) is 0 Å². The maximum Gasteiger partial charge on any atom is 0.0726 e. The molecule has 8 aliphatic carbocycles. The molecule has 10 aromatic rings. The lowest BCUT2D eigenvalue weighted by Gasteiger charge is -2.41. The van der Waals surface area contributed by atoms with Gasteiger partial charge in [-0.15, -0.1) is 0 Å². The van der Waals surface area contributed by atoms with E-state index in [0.29, 0.717) is 5.92 Å². The predicted octanol–water partition coefficient (Wildman–Crippen LogP) is 17.8. The van der Waals surface area contributed by atoms with Crippen molar-refractivity contribution < 1.29 is 0 Å². The highest BCUT2D eigenvalue weighted by Crippen LogP contribution is 2.69. The van der Waals surface area contributed by atoms with E-state index in [2.05, 4.69) is 278 Å².